The van der Waals surface area contributed by atoms with Crippen molar-refractivity contribution in [1.82, 2.24) is 14.9 Å². The summed E-state index contributed by atoms with van der Waals surface area (Å²) >= 11 is 2.23. The Morgan fingerprint density at radius 2 is 1.84 bits per heavy atom. The fourth-order valence-corrected chi connectivity index (χ4v) is 5.93. The van der Waals surface area contributed by atoms with Crippen molar-refractivity contribution in [2.45, 2.75) is 0 Å². The molecule has 1 unspecified atom stereocenters. The Balaban J connectivity index is 1.43. The van der Waals surface area contributed by atoms with E-state index in [1.807, 2.05) is 36.4 Å². The highest BCUT2D eigenvalue weighted by Crippen LogP contribution is 2.38. The smallest absolute Gasteiger partial charge is 0.256 e. The van der Waals surface area contributed by atoms with Crippen LogP contribution in [-0.4, -0.2) is 55.9 Å². The summed E-state index contributed by atoms with van der Waals surface area (Å²) in [5, 5.41) is 11.7. The number of piperazine rings is 1. The van der Waals surface area contributed by atoms with Gasteiger partial charge in [0, 0.05) is 54.4 Å². The number of carbonyl (C=O) groups excluding carboxylic acids is 1. The lowest BCUT2D eigenvalue weighted by Crippen LogP contribution is -2.43. The van der Waals surface area contributed by atoms with Crippen LogP contribution in [0.25, 0.3) is 22.0 Å². The molecule has 0 aliphatic carbocycles. The first-order valence-electron chi connectivity index (χ1n) is 11.7. The average Bonchev–Trinajstić information content (AvgIpc) is 3.30. The summed E-state index contributed by atoms with van der Waals surface area (Å²) in [5.41, 5.74) is 3.46. The second kappa shape index (κ2) is 11.2. The Hall–Kier alpha value is -2.95. The molecule has 37 heavy (non-hydrogen) atoms. The number of hydrogen-bond donors (Lipinski definition) is 2. The van der Waals surface area contributed by atoms with E-state index in [0.717, 1.165) is 42.8 Å². The number of ether oxygens (including phenoxy) is 2. The molecule has 3 aromatic carbocycles. The number of amides is 1. The maximum absolute atomic E-state index is 15.1. The molecule has 1 aliphatic heterocycles. The molecule has 0 saturated carbocycles. The molecule has 0 spiro atoms. The highest BCUT2D eigenvalue weighted by atomic mass is 127. The van der Waals surface area contributed by atoms with Crippen molar-refractivity contribution in [1.29, 1.82) is 0 Å². The van der Waals surface area contributed by atoms with Gasteiger partial charge < -0.3 is 25.0 Å². The first-order valence-corrected chi connectivity index (χ1v) is 15.8. The number of aromatic nitrogens is 2. The largest absolute Gasteiger partial charge is 0.497 e. The zero-order valence-electron chi connectivity index (χ0n) is 20.3. The zero-order valence-corrected chi connectivity index (χ0v) is 23.5. The predicted molar refractivity (Wildman–Crippen MR) is 155 cm³/mol. The molecule has 8 nitrogen and oxygen atoms in total. The molecule has 5 rings (SSSR count). The number of hydrogen-bond acceptors (Lipinski definition) is 6. The topological polar surface area (TPSA) is 80.7 Å². The Kier molecular flexibility index (Phi) is 7.78. The van der Waals surface area contributed by atoms with Crippen molar-refractivity contribution in [3.63, 3.8) is 0 Å². The fourth-order valence-electron chi connectivity index (χ4n) is 4.41. The quantitative estimate of drug-likeness (QED) is 0.212. The average molecular weight is 633 g/mol. The molecule has 4 aromatic rings. The number of nitrogens with zero attached hydrogens (tertiary/aromatic N) is 3. The first kappa shape index (κ1) is 25.7. The van der Waals surface area contributed by atoms with Crippen LogP contribution in [0.4, 0.5) is 15.9 Å². The molecule has 1 aromatic heterocycles. The highest BCUT2D eigenvalue weighted by Gasteiger charge is 2.19. The molecule has 0 radical (unpaired) electrons. The Labute approximate surface area is 228 Å². The van der Waals surface area contributed by atoms with Gasteiger partial charge in [-0.15, -0.1) is 5.10 Å². The predicted octanol–water partition coefficient (Wildman–Crippen LogP) is 5.31. The normalized spacial score (nSPS) is 13.9. The summed E-state index contributed by atoms with van der Waals surface area (Å²) in [6.45, 7) is 3.80. The fraction of sp³-hybridized carbons (Fsp3) is 0.231. The molecule has 1 aliphatic rings. The monoisotopic (exact) mass is 633 g/mol. The van der Waals surface area contributed by atoms with Gasteiger partial charge in [-0.2, -0.15) is 0 Å². The number of nitrogens with one attached hydrogen (secondary N) is 2. The van der Waals surface area contributed by atoms with E-state index in [-0.39, 0.29) is 18.0 Å². The minimum atomic E-state index is -0.469. The summed E-state index contributed by atoms with van der Waals surface area (Å²) in [4.78, 5) is 15.4. The Morgan fingerprint density at radius 1 is 1.08 bits per heavy atom. The van der Waals surface area contributed by atoms with Crippen molar-refractivity contribution < 1.29 is 18.7 Å². The van der Waals surface area contributed by atoms with Crippen LogP contribution in [0.1, 0.15) is 10.4 Å². The van der Waals surface area contributed by atoms with Gasteiger partial charge in [-0.1, -0.05) is 6.07 Å². The molecule has 2 heterocycles. The summed E-state index contributed by atoms with van der Waals surface area (Å²) in [6.07, 6.45) is 0.285. The summed E-state index contributed by atoms with van der Waals surface area (Å²) in [7, 11) is 2.95. The van der Waals surface area contributed by atoms with Crippen molar-refractivity contribution >= 4 is 56.7 Å². The van der Waals surface area contributed by atoms with Crippen LogP contribution >= 0.6 is 28.4 Å². The maximum Gasteiger partial charge on any atom is 0.256 e. The molecule has 1 atom stereocenters. The van der Waals surface area contributed by atoms with E-state index < -0.39 is 5.82 Å². The minimum Gasteiger partial charge on any atom is -0.497 e. The lowest BCUT2D eigenvalue weighted by Gasteiger charge is -2.29. The summed E-state index contributed by atoms with van der Waals surface area (Å²) in [6, 6.07) is 16.3. The van der Waals surface area contributed by atoms with E-state index in [1.54, 1.807) is 16.6 Å². The van der Waals surface area contributed by atoms with Crippen molar-refractivity contribution in [3.05, 3.63) is 66.0 Å². The van der Waals surface area contributed by atoms with Gasteiger partial charge in [0.2, 0.25) is 0 Å². The zero-order chi connectivity index (χ0) is 25.9. The lowest BCUT2D eigenvalue weighted by atomic mass is 10.0. The van der Waals surface area contributed by atoms with Crippen molar-refractivity contribution in [2.75, 3.05) is 50.6 Å². The molecule has 1 fully saturated rings. The number of anilines is 2. The van der Waals surface area contributed by atoms with E-state index in [0.29, 0.717) is 28.3 Å². The lowest BCUT2D eigenvalue weighted by molar-refractivity contribution is 0.102. The van der Waals surface area contributed by atoms with Gasteiger partial charge in [0.25, 0.3) is 5.91 Å². The molecule has 11 heteroatoms. The number of fused-ring (bicyclic) bond motifs is 1. The third-order valence-electron chi connectivity index (χ3n) is 6.38. The first-order chi connectivity index (χ1) is 18.0. The van der Waals surface area contributed by atoms with Crippen LogP contribution < -0.4 is 25.0 Å². The number of halogens is 2. The number of rotatable bonds is 7. The van der Waals surface area contributed by atoms with E-state index in [9.17, 15) is 4.79 Å². The van der Waals surface area contributed by atoms with Gasteiger partial charge in [-0.25, -0.2) is 8.84 Å². The van der Waals surface area contributed by atoms with E-state index >= 15 is 4.39 Å². The number of benzene rings is 3. The van der Waals surface area contributed by atoms with Crippen LogP contribution in [0.5, 0.6) is 11.5 Å². The Bertz CT molecular complexity index is 1440. The van der Waals surface area contributed by atoms with Gasteiger partial charge >= 0.3 is 0 Å². The molecular formula is C26H26FIN5O3P. The second-order valence-corrected chi connectivity index (χ2v) is 10.5. The van der Waals surface area contributed by atoms with Crippen LogP contribution in [0.15, 0.2) is 54.6 Å². The summed E-state index contributed by atoms with van der Waals surface area (Å²) < 4.78 is 27.4. The Morgan fingerprint density at radius 3 is 2.51 bits per heavy atom. The third kappa shape index (κ3) is 5.23. The van der Waals surface area contributed by atoms with Gasteiger partial charge in [-0.05, 0) is 70.1 Å². The summed E-state index contributed by atoms with van der Waals surface area (Å²) in [5.74, 6) is 0.361. The standard InChI is InChI=1S/C26H26FIN5O3P/c1-35-19-14-21(24(27)23(15-19)36-2)17-5-8-20-22(13-17)33(37-28)31-25(20)30-26(34)16-3-6-18(7-4-16)32-11-9-29-10-12-32/h3-8,13-15,29,37H,9-12H2,1-2H3,(H,30,31,34). The SMILES string of the molecule is COc1cc(OC)c(F)c(-c2ccc3c(NC(=O)c4ccc(N5CCNCC5)cc4)nn(PI)c3c2)c1. The molecule has 0 bridgehead atoms. The molecule has 192 valence electrons. The van der Waals surface area contributed by atoms with Crippen LogP contribution in [0.3, 0.4) is 0 Å². The molecule has 1 amide bonds. The van der Waals surface area contributed by atoms with E-state index in [2.05, 4.69) is 42.7 Å². The van der Waals surface area contributed by atoms with Crippen LogP contribution in [0.2, 0.25) is 0 Å². The van der Waals surface area contributed by atoms with E-state index in [4.69, 9.17) is 9.47 Å². The van der Waals surface area contributed by atoms with Crippen LogP contribution in [0, 0.1) is 5.82 Å². The van der Waals surface area contributed by atoms with Gasteiger partial charge in [0.05, 0.1) is 26.1 Å². The van der Waals surface area contributed by atoms with Gasteiger partial charge in [0.15, 0.2) is 17.4 Å². The minimum absolute atomic E-state index is 0.106. The maximum atomic E-state index is 15.1. The van der Waals surface area contributed by atoms with Gasteiger partial charge in [0.1, 0.15) is 5.75 Å². The van der Waals surface area contributed by atoms with Gasteiger partial charge in [-0.3, -0.25) is 4.79 Å². The second-order valence-electron chi connectivity index (χ2n) is 8.51. The third-order valence-corrected chi connectivity index (χ3v) is 8.26. The number of methoxy groups -OCH3 is 2. The molecule has 2 N–H and O–H groups in total. The highest BCUT2D eigenvalue weighted by molar-refractivity contribution is 14.2. The van der Waals surface area contributed by atoms with E-state index in [1.165, 1.54) is 20.3 Å². The molecular weight excluding hydrogens is 607 g/mol. The number of carbonyl (C=O) groups is 1. The van der Waals surface area contributed by atoms with Crippen LogP contribution in [-0.2, 0) is 0 Å². The molecule has 1 saturated heterocycles. The van der Waals surface area contributed by atoms with Crippen molar-refractivity contribution in [2.24, 2.45) is 0 Å². The van der Waals surface area contributed by atoms with Crippen molar-refractivity contribution in [3.8, 4) is 22.6 Å².